The first-order chi connectivity index (χ1) is 30.1. The summed E-state index contributed by atoms with van der Waals surface area (Å²) in [4.78, 5) is 0. The number of hydrogen-bond acceptors (Lipinski definition) is 0. The fourth-order valence-electron chi connectivity index (χ4n) is 6.54. The zero-order chi connectivity index (χ0) is 42.3. The smallest absolute Gasteiger partial charge is 0 e. The number of rotatable bonds is 9. The summed E-state index contributed by atoms with van der Waals surface area (Å²) in [6, 6.07) is 97.0. The largest absolute Gasteiger partial charge is 0.0622 e. The second kappa shape index (κ2) is 28.2. The zero-order valence-corrected chi connectivity index (χ0v) is 41.9. The first kappa shape index (κ1) is 49.4. The van der Waals surface area contributed by atoms with Crippen LogP contribution in [0.5, 0.6) is 0 Å². The van der Waals surface area contributed by atoms with Crippen LogP contribution in [0, 0.1) is 0 Å². The minimum atomic E-state index is -1.66. The van der Waals surface area contributed by atoms with Gasteiger partial charge in [-0.15, -0.1) is 0 Å². The van der Waals surface area contributed by atoms with Crippen LogP contribution in [-0.4, -0.2) is 0 Å². The van der Waals surface area contributed by atoms with E-state index in [2.05, 4.69) is 273 Å². The maximum atomic E-state index is 4.94. The first-order valence-electron chi connectivity index (χ1n) is 19.6. The predicted molar refractivity (Wildman–Crippen MR) is 273 cm³/mol. The Balaban J connectivity index is 0.000000167. The van der Waals surface area contributed by atoms with Gasteiger partial charge in [-0.3, -0.25) is 0 Å². The average molecular weight is 1100 g/mol. The average Bonchev–Trinajstić information content (AvgIpc) is 3.33. The molecule has 0 atom stereocenters. The van der Waals surface area contributed by atoms with Crippen LogP contribution in [0.15, 0.2) is 273 Å². The molecular weight excluding hydrogens is 1050 g/mol. The van der Waals surface area contributed by atoms with Crippen LogP contribution < -0.4 is 47.7 Å². The Bertz CT molecular complexity index is 1930. The topological polar surface area (TPSA) is 0 Å². The van der Waals surface area contributed by atoms with Crippen LogP contribution in [-0.2, 0) is 32.5 Å². The maximum Gasteiger partial charge on any atom is 0 e. The third-order valence-corrected chi connectivity index (χ3v) is 16.5. The molecule has 8 heteroatoms. The molecule has 1 radical (unpaired) electrons. The van der Waals surface area contributed by atoms with Crippen LogP contribution in [0.25, 0.3) is 0 Å². The second-order valence-electron chi connectivity index (χ2n) is 13.2. The van der Waals surface area contributed by atoms with Crippen molar-refractivity contribution in [1.82, 2.24) is 0 Å². The fraction of sp³-hybridized carbons (Fsp3) is 0. The molecule has 0 bridgehead atoms. The maximum absolute atomic E-state index is 4.94. The third-order valence-electron chi connectivity index (χ3n) is 9.13. The molecule has 0 aliphatic rings. The van der Waals surface area contributed by atoms with Crippen molar-refractivity contribution in [3.8, 4) is 0 Å². The molecule has 0 heterocycles. The molecular formula is C54H45Cl3P3Rh2. The van der Waals surface area contributed by atoms with E-state index in [0.717, 1.165) is 0 Å². The summed E-state index contributed by atoms with van der Waals surface area (Å²) < 4.78 is 0. The molecule has 62 heavy (non-hydrogen) atoms. The summed E-state index contributed by atoms with van der Waals surface area (Å²) in [7, 11) is 13.5. The fourth-order valence-corrected chi connectivity index (χ4v) is 13.5. The molecule has 0 fully saturated rings. The Kier molecular flexibility index (Phi) is 22.5. The SMILES string of the molecule is [Cl][Rh]([Cl])[Cl].[Rh].c1ccc(P(c2ccccc2)c2ccccc2)cc1.c1ccc(P(c2ccccc2)c2ccccc2)cc1.c1ccc(P(c2ccccc2)c2ccccc2)cc1. The normalized spacial score (nSPS) is 10.5. The third kappa shape index (κ3) is 15.9. The summed E-state index contributed by atoms with van der Waals surface area (Å²) >= 11 is -1.66. The van der Waals surface area contributed by atoms with Crippen LogP contribution in [0.3, 0.4) is 0 Å². The van der Waals surface area contributed by atoms with Crippen molar-refractivity contribution in [2.45, 2.75) is 0 Å². The van der Waals surface area contributed by atoms with Crippen molar-refractivity contribution in [3.63, 3.8) is 0 Å². The van der Waals surface area contributed by atoms with Gasteiger partial charge < -0.3 is 0 Å². The molecule has 0 aliphatic carbocycles. The van der Waals surface area contributed by atoms with Crippen LogP contribution in [0.2, 0.25) is 0 Å². The van der Waals surface area contributed by atoms with E-state index in [1.54, 1.807) is 0 Å². The monoisotopic (exact) mass is 1100 g/mol. The van der Waals surface area contributed by atoms with E-state index < -0.39 is 36.7 Å². The quantitative estimate of drug-likeness (QED) is 0.0998. The van der Waals surface area contributed by atoms with Gasteiger partial charge >= 0.3 is 42.1 Å². The molecule has 0 nitrogen and oxygen atoms in total. The van der Waals surface area contributed by atoms with Gasteiger partial charge in [-0.1, -0.05) is 273 Å². The molecule has 315 valence electrons. The first-order valence-corrected chi connectivity index (χ1v) is 29.9. The van der Waals surface area contributed by atoms with Crippen molar-refractivity contribution in [2.75, 3.05) is 0 Å². The molecule has 9 rings (SSSR count). The molecule has 0 N–H and O–H groups in total. The van der Waals surface area contributed by atoms with Crippen molar-refractivity contribution < 1.29 is 32.5 Å². The molecule has 0 amide bonds. The van der Waals surface area contributed by atoms with Crippen molar-refractivity contribution in [1.29, 1.82) is 0 Å². The number of halogens is 3. The molecule has 9 aromatic rings. The Labute approximate surface area is 402 Å². The van der Waals surface area contributed by atoms with Gasteiger partial charge in [0.05, 0.1) is 0 Å². The standard InChI is InChI=1S/3C18H15P.3ClH.2Rh/c3*1-4-10-16(11-5-1)19(17-12-6-2-7-13-17)18-14-8-3-9-15-18;;;;;/h3*1-15H;3*1H;;/q;;;;;;;+3/p-3. The van der Waals surface area contributed by atoms with Crippen LogP contribution >= 0.6 is 52.8 Å². The molecule has 0 saturated heterocycles. The number of hydrogen-bond donors (Lipinski definition) is 0. The molecule has 0 aliphatic heterocycles. The van der Waals surface area contributed by atoms with E-state index in [-0.39, 0.29) is 19.5 Å². The Hall–Kier alpha value is -3.61. The van der Waals surface area contributed by atoms with Crippen molar-refractivity contribution >= 4 is 101 Å². The van der Waals surface area contributed by atoms with E-state index in [0.29, 0.717) is 0 Å². The second-order valence-corrected chi connectivity index (χ2v) is 27.3. The Morgan fingerprint density at radius 3 is 0.355 bits per heavy atom. The van der Waals surface area contributed by atoms with E-state index in [1.807, 2.05) is 0 Å². The Morgan fingerprint density at radius 1 is 0.194 bits per heavy atom. The van der Waals surface area contributed by atoms with Gasteiger partial charge in [0.1, 0.15) is 0 Å². The Morgan fingerprint density at radius 2 is 0.274 bits per heavy atom. The summed E-state index contributed by atoms with van der Waals surface area (Å²) in [5.41, 5.74) is 0. The van der Waals surface area contributed by atoms with Crippen molar-refractivity contribution in [2.24, 2.45) is 0 Å². The minimum absolute atomic E-state index is 0. The molecule has 0 saturated carbocycles. The van der Waals surface area contributed by atoms with E-state index in [9.17, 15) is 0 Å². The van der Waals surface area contributed by atoms with Gasteiger partial charge in [0.15, 0.2) is 0 Å². The van der Waals surface area contributed by atoms with Gasteiger partial charge in [-0.2, -0.15) is 0 Å². The predicted octanol–water partition coefficient (Wildman–Crippen LogP) is 12.4. The van der Waals surface area contributed by atoms with Gasteiger partial charge in [0, 0.05) is 19.5 Å². The van der Waals surface area contributed by atoms with Gasteiger partial charge in [0.25, 0.3) is 0 Å². The van der Waals surface area contributed by atoms with Crippen LogP contribution in [0.4, 0.5) is 0 Å². The summed E-state index contributed by atoms with van der Waals surface area (Å²) in [6.07, 6.45) is 0. The summed E-state index contributed by atoms with van der Waals surface area (Å²) in [6.45, 7) is 0. The minimum Gasteiger partial charge on any atom is -0.0622 e. The van der Waals surface area contributed by atoms with Gasteiger partial charge in [0.2, 0.25) is 0 Å². The summed E-state index contributed by atoms with van der Waals surface area (Å²) in [5.74, 6) is 0. The molecule has 0 unspecified atom stereocenters. The van der Waals surface area contributed by atoms with E-state index in [4.69, 9.17) is 29.1 Å². The molecule has 9 aromatic carbocycles. The zero-order valence-electron chi connectivity index (χ0n) is 33.6. The molecule has 0 spiro atoms. The summed E-state index contributed by atoms with van der Waals surface area (Å²) in [5, 5.41) is 12.6. The van der Waals surface area contributed by atoms with E-state index in [1.165, 1.54) is 47.7 Å². The number of benzene rings is 9. The molecule has 0 aromatic heterocycles. The van der Waals surface area contributed by atoms with Crippen molar-refractivity contribution in [3.05, 3.63) is 273 Å². The van der Waals surface area contributed by atoms with E-state index >= 15 is 0 Å². The van der Waals surface area contributed by atoms with Gasteiger partial charge in [-0.25, -0.2) is 0 Å². The van der Waals surface area contributed by atoms with Crippen LogP contribution in [0.1, 0.15) is 0 Å². The van der Waals surface area contributed by atoms with Gasteiger partial charge in [-0.05, 0) is 71.5 Å².